The number of pyridine rings is 1. The summed E-state index contributed by atoms with van der Waals surface area (Å²) in [6.07, 6.45) is 11.8. The van der Waals surface area contributed by atoms with Crippen molar-refractivity contribution >= 4 is 46.3 Å². The summed E-state index contributed by atoms with van der Waals surface area (Å²) in [4.78, 5) is 25.2. The number of para-hydroxylation sites is 3. The van der Waals surface area contributed by atoms with Crippen LogP contribution in [0.1, 0.15) is 83.5 Å². The van der Waals surface area contributed by atoms with E-state index in [0.717, 1.165) is 59.5 Å². The van der Waals surface area contributed by atoms with Crippen molar-refractivity contribution in [1.82, 2.24) is 15.0 Å². The average Bonchev–Trinajstić information content (AvgIpc) is 3.65. The Kier molecular flexibility index (Phi) is 8.12. The third kappa shape index (κ3) is 4.66. The van der Waals surface area contributed by atoms with Gasteiger partial charge in [-0.05, 0) is 79.6 Å². The third-order valence-corrected chi connectivity index (χ3v) is 12.2. The van der Waals surface area contributed by atoms with Crippen molar-refractivity contribution in [1.29, 1.82) is 0 Å². The van der Waals surface area contributed by atoms with Gasteiger partial charge < -0.3 is 19.6 Å². The van der Waals surface area contributed by atoms with Crippen LogP contribution in [0, 0.1) is 5.41 Å². The van der Waals surface area contributed by atoms with Gasteiger partial charge in [-0.2, -0.15) is 0 Å². The van der Waals surface area contributed by atoms with E-state index in [2.05, 4.69) is 165 Å². The predicted molar refractivity (Wildman–Crippen MR) is 212 cm³/mol. The van der Waals surface area contributed by atoms with Crippen molar-refractivity contribution in [3.63, 3.8) is 0 Å². The number of nitrogens with zero attached hydrogens (tertiary/aromatic N) is 7. The van der Waals surface area contributed by atoms with Crippen LogP contribution in [0.3, 0.4) is 0 Å². The van der Waals surface area contributed by atoms with Crippen LogP contribution >= 0.6 is 0 Å². The minimum atomic E-state index is -0.305. The number of hydrogen-bond donors (Lipinski definition) is 0. The zero-order valence-electron chi connectivity index (χ0n) is 31.0. The van der Waals surface area contributed by atoms with E-state index in [-0.39, 0.29) is 29.1 Å². The Morgan fingerprint density at radius 2 is 1.39 bits per heavy atom. The van der Waals surface area contributed by atoms with E-state index in [9.17, 15) is 0 Å². The lowest BCUT2D eigenvalue weighted by atomic mass is 9.52. The number of allylic oxidation sites excluding steroid dienone is 1. The van der Waals surface area contributed by atoms with Crippen molar-refractivity contribution in [2.24, 2.45) is 5.41 Å². The molecule has 7 heteroatoms. The molecule has 3 atom stereocenters. The Morgan fingerprint density at radius 3 is 2.12 bits per heavy atom. The molecule has 7 nitrogen and oxygen atoms in total. The molecule has 5 heterocycles. The molecule has 3 aliphatic heterocycles. The Bertz CT molecular complexity index is 2090. The zero-order chi connectivity index (χ0) is 35.5. The molecule has 5 aromatic rings. The quantitative estimate of drug-likeness (QED) is 0.162. The molecule has 0 radical (unpaired) electrons. The number of rotatable bonds is 8. The first-order valence-corrected chi connectivity index (χ1v) is 18.7. The maximum Gasteiger partial charge on any atom is 0.178 e. The average molecular weight is 676 g/mol. The minimum absolute atomic E-state index is 0.0367. The van der Waals surface area contributed by atoms with Crippen molar-refractivity contribution < 1.29 is 0 Å². The third-order valence-electron chi connectivity index (χ3n) is 12.2. The van der Waals surface area contributed by atoms with Gasteiger partial charge in [0.05, 0.1) is 23.3 Å². The van der Waals surface area contributed by atoms with Gasteiger partial charge in [0.1, 0.15) is 12.3 Å². The summed E-state index contributed by atoms with van der Waals surface area (Å²) in [6.45, 7) is 13.8. The van der Waals surface area contributed by atoms with Crippen LogP contribution in [-0.4, -0.2) is 34.3 Å². The first-order valence-electron chi connectivity index (χ1n) is 18.7. The molecule has 0 N–H and O–H groups in total. The van der Waals surface area contributed by atoms with Crippen molar-refractivity contribution in [3.8, 4) is 0 Å². The van der Waals surface area contributed by atoms with Gasteiger partial charge in [0.25, 0.3) is 0 Å². The Morgan fingerprint density at radius 1 is 0.706 bits per heavy atom. The summed E-state index contributed by atoms with van der Waals surface area (Å²) < 4.78 is 0. The highest BCUT2D eigenvalue weighted by molar-refractivity contribution is 5.88. The minimum Gasteiger partial charge on any atom is -0.351 e. The summed E-state index contributed by atoms with van der Waals surface area (Å²) in [5.74, 6) is 3.14. The predicted octanol–water partition coefficient (Wildman–Crippen LogP) is 10.7. The summed E-state index contributed by atoms with van der Waals surface area (Å²) in [5, 5.41) is 0. The number of anilines is 7. The van der Waals surface area contributed by atoms with Gasteiger partial charge in [-0.25, -0.2) is 15.0 Å². The molecule has 0 fully saturated rings. The molecule has 260 valence electrons. The van der Waals surface area contributed by atoms with Gasteiger partial charge in [-0.1, -0.05) is 101 Å². The van der Waals surface area contributed by atoms with Gasteiger partial charge in [0.15, 0.2) is 17.5 Å². The van der Waals surface area contributed by atoms with Crippen molar-refractivity contribution in [3.05, 3.63) is 126 Å². The topological polar surface area (TPSA) is 51.6 Å². The summed E-state index contributed by atoms with van der Waals surface area (Å²) in [7, 11) is 2.16. The lowest BCUT2D eigenvalue weighted by Crippen LogP contribution is -2.63. The van der Waals surface area contributed by atoms with Crippen molar-refractivity contribution in [2.75, 3.05) is 26.6 Å². The standard InChI is InChI=1S/C44H49N7/c1-8-43(9-2)42-50(33-20-12-11-13-21-33)41-40(46-29-35(47-41)30(4)5)51(42)37-24-17-15-22-34(37)44(43,10-3)27-26-32-19-14-16-23-36(32)49-31(6)48(7)38-25-18-28-45-39(38)49/h11-31,42H,8-10H2,1-7H3. The molecular formula is C44H49N7. The lowest BCUT2D eigenvalue weighted by molar-refractivity contribution is 0.0909. The molecule has 0 aliphatic carbocycles. The number of benzene rings is 3. The highest BCUT2D eigenvalue weighted by atomic mass is 15.5. The van der Waals surface area contributed by atoms with Gasteiger partial charge in [0, 0.05) is 35.4 Å². The van der Waals surface area contributed by atoms with Gasteiger partial charge in [0.2, 0.25) is 0 Å². The largest absolute Gasteiger partial charge is 0.351 e. The highest BCUT2D eigenvalue weighted by Gasteiger charge is 2.63. The molecule has 3 unspecified atom stereocenters. The molecule has 0 bridgehead atoms. The van der Waals surface area contributed by atoms with Crippen LogP contribution in [0.5, 0.6) is 0 Å². The van der Waals surface area contributed by atoms with Crippen LogP contribution in [0.4, 0.5) is 40.2 Å². The highest BCUT2D eigenvalue weighted by Crippen LogP contribution is 2.65. The second kappa shape index (κ2) is 12.6. The zero-order valence-corrected chi connectivity index (χ0v) is 31.0. The fourth-order valence-electron chi connectivity index (χ4n) is 9.45. The maximum absolute atomic E-state index is 5.38. The Hall–Kier alpha value is -5.17. The second-order valence-electron chi connectivity index (χ2n) is 14.6. The second-order valence-corrected chi connectivity index (χ2v) is 14.6. The van der Waals surface area contributed by atoms with Crippen LogP contribution in [0.15, 0.2) is 109 Å². The maximum atomic E-state index is 5.38. The monoisotopic (exact) mass is 675 g/mol. The normalized spacial score (nSPS) is 21.6. The Labute approximate surface area is 303 Å². The van der Waals surface area contributed by atoms with E-state index in [4.69, 9.17) is 15.0 Å². The molecule has 0 saturated heterocycles. The first kappa shape index (κ1) is 33.0. The summed E-state index contributed by atoms with van der Waals surface area (Å²) in [6, 6.07) is 32.9. The van der Waals surface area contributed by atoms with Gasteiger partial charge in [-0.15, -0.1) is 0 Å². The molecule has 0 amide bonds. The van der Waals surface area contributed by atoms with Gasteiger partial charge in [-0.3, -0.25) is 0 Å². The van der Waals surface area contributed by atoms with Crippen LogP contribution in [0.25, 0.3) is 6.08 Å². The summed E-state index contributed by atoms with van der Waals surface area (Å²) in [5.41, 5.74) is 7.68. The van der Waals surface area contributed by atoms with E-state index in [1.165, 1.54) is 16.8 Å². The molecule has 3 aliphatic rings. The molecule has 51 heavy (non-hydrogen) atoms. The SMILES string of the molecule is CCC1(C=Cc2ccccc2N2c3ncccc3N(C)C2C)c2ccccc2N2c3ncc(C(C)C)nc3N(c3ccccc3)C2C1(CC)CC. The van der Waals surface area contributed by atoms with Gasteiger partial charge >= 0.3 is 0 Å². The molecule has 2 aromatic heterocycles. The van der Waals surface area contributed by atoms with Crippen LogP contribution < -0.4 is 19.6 Å². The number of aromatic nitrogens is 3. The molecular weight excluding hydrogens is 627 g/mol. The molecule has 0 spiro atoms. The Balaban J connectivity index is 1.35. The molecule has 0 saturated carbocycles. The van der Waals surface area contributed by atoms with Crippen LogP contribution in [-0.2, 0) is 5.41 Å². The molecule has 8 rings (SSSR count). The summed E-state index contributed by atoms with van der Waals surface area (Å²) >= 11 is 0. The molecule has 3 aromatic carbocycles. The first-order chi connectivity index (χ1) is 24.8. The fraction of sp³-hybridized carbons (Fsp3) is 0.341. The van der Waals surface area contributed by atoms with Crippen LogP contribution in [0.2, 0.25) is 0 Å². The fourth-order valence-corrected chi connectivity index (χ4v) is 9.45. The smallest absolute Gasteiger partial charge is 0.178 e. The van der Waals surface area contributed by atoms with E-state index in [0.29, 0.717) is 0 Å². The van der Waals surface area contributed by atoms with E-state index in [1.807, 2.05) is 18.5 Å². The van der Waals surface area contributed by atoms with E-state index >= 15 is 0 Å². The van der Waals surface area contributed by atoms with E-state index in [1.54, 1.807) is 0 Å². The number of fused-ring (bicyclic) bond motifs is 6. The van der Waals surface area contributed by atoms with Crippen molar-refractivity contribution in [2.45, 2.75) is 84.5 Å². The van der Waals surface area contributed by atoms with E-state index < -0.39 is 0 Å². The lowest BCUT2D eigenvalue weighted by Gasteiger charge is -2.60. The number of hydrogen-bond acceptors (Lipinski definition) is 7.